The van der Waals surface area contributed by atoms with Crippen molar-refractivity contribution in [3.63, 3.8) is 0 Å². The number of ether oxygens (including phenoxy) is 4. The zero-order valence-electron chi connectivity index (χ0n) is 25.0. The van der Waals surface area contributed by atoms with Crippen LogP contribution in [0.2, 0.25) is 0 Å². The van der Waals surface area contributed by atoms with Gasteiger partial charge in [-0.3, -0.25) is 14.4 Å². The Morgan fingerprint density at radius 1 is 1.02 bits per heavy atom. The molecule has 4 rings (SSSR count). The second-order valence-corrected chi connectivity index (χ2v) is 13.0. The third-order valence-electron chi connectivity index (χ3n) is 9.91. The van der Waals surface area contributed by atoms with Gasteiger partial charge in [0, 0.05) is 23.2 Å². The maximum atomic E-state index is 14.0. The van der Waals surface area contributed by atoms with Gasteiger partial charge in [0.25, 0.3) is 0 Å². The second-order valence-electron chi connectivity index (χ2n) is 13.0. The minimum absolute atomic E-state index is 0.0166. The molecule has 0 unspecified atom stereocenters. The quantitative estimate of drug-likeness (QED) is 0.231. The van der Waals surface area contributed by atoms with Crippen molar-refractivity contribution in [2.45, 2.75) is 91.6 Å². The first-order chi connectivity index (χ1) is 19.4. The van der Waals surface area contributed by atoms with Gasteiger partial charge >= 0.3 is 12.3 Å². The zero-order valence-corrected chi connectivity index (χ0v) is 25.0. The minimum Gasteiger partial charge on any atom is -0.434 e. The van der Waals surface area contributed by atoms with Crippen molar-refractivity contribution in [1.82, 2.24) is 0 Å². The Morgan fingerprint density at radius 2 is 1.78 bits per heavy atom. The van der Waals surface area contributed by atoms with Crippen LogP contribution in [0.1, 0.15) is 86.0 Å². The van der Waals surface area contributed by atoms with Crippen molar-refractivity contribution in [3.8, 4) is 0 Å². The van der Waals surface area contributed by atoms with Crippen LogP contribution < -0.4 is 0 Å². The summed E-state index contributed by atoms with van der Waals surface area (Å²) in [4.78, 5) is 65.2. The Hall–Kier alpha value is -2.97. The van der Waals surface area contributed by atoms with E-state index in [0.717, 1.165) is 18.4 Å². The molecule has 4 aliphatic rings. The molecule has 0 heterocycles. The van der Waals surface area contributed by atoms with Crippen molar-refractivity contribution >= 4 is 29.7 Å². The summed E-state index contributed by atoms with van der Waals surface area (Å²) < 4.78 is 21.5. The average Bonchev–Trinajstić information content (AvgIpc) is 3.20. The third-order valence-corrected chi connectivity index (χ3v) is 9.91. The van der Waals surface area contributed by atoms with Crippen molar-refractivity contribution in [2.24, 2.45) is 34.5 Å². The highest BCUT2D eigenvalue weighted by molar-refractivity contribution is 6.02. The summed E-state index contributed by atoms with van der Waals surface area (Å²) in [7, 11) is 0. The Labute approximate surface area is 242 Å². The number of hydrogen-bond donors (Lipinski definition) is 0. The van der Waals surface area contributed by atoms with E-state index in [4.69, 9.17) is 18.9 Å². The molecular weight excluding hydrogens is 528 g/mol. The highest BCUT2D eigenvalue weighted by Crippen LogP contribution is 2.67. The van der Waals surface area contributed by atoms with Crippen LogP contribution in [-0.4, -0.2) is 55.1 Å². The standard InChI is InChI=1S/C32H44O9/c1-6-7-8-15-38-29(37)41-32(26(35)19-40-28(36)39-18-20(2)3)14-12-24-23-10-9-21-16-22(33)11-13-30(21,4)27(23)25(34)17-31(24,32)5/h11,13,16,20,23-24,27H,6-10,12,14-15,17-19H2,1-5H3/t23-,24-,27+,30-,31-,32-/m0/s1. The van der Waals surface area contributed by atoms with Gasteiger partial charge in [0.1, 0.15) is 5.78 Å². The number of rotatable bonds is 10. The molecule has 6 atom stereocenters. The largest absolute Gasteiger partial charge is 0.509 e. The Morgan fingerprint density at radius 3 is 2.49 bits per heavy atom. The maximum Gasteiger partial charge on any atom is 0.509 e. The molecule has 0 spiro atoms. The fraction of sp³-hybridized carbons (Fsp3) is 0.719. The number of unbranched alkanes of at least 4 members (excludes halogenated alkanes) is 2. The molecule has 0 aromatic carbocycles. The number of fused-ring (bicyclic) bond motifs is 5. The lowest BCUT2D eigenvalue weighted by molar-refractivity contribution is -0.173. The number of Topliss-reactive ketones (excluding diaryl/α,β-unsaturated/α-hetero) is 2. The van der Waals surface area contributed by atoms with Gasteiger partial charge in [-0.25, -0.2) is 9.59 Å². The first-order valence-corrected chi connectivity index (χ1v) is 15.0. The lowest BCUT2D eigenvalue weighted by Crippen LogP contribution is -2.62. The summed E-state index contributed by atoms with van der Waals surface area (Å²) >= 11 is 0. The van der Waals surface area contributed by atoms with E-state index in [1.807, 2.05) is 40.7 Å². The molecule has 0 aromatic rings. The van der Waals surface area contributed by atoms with Gasteiger partial charge in [0.2, 0.25) is 5.78 Å². The predicted molar refractivity (Wildman–Crippen MR) is 149 cm³/mol. The van der Waals surface area contributed by atoms with Crippen molar-refractivity contribution in [3.05, 3.63) is 23.8 Å². The molecule has 9 heteroatoms. The molecule has 41 heavy (non-hydrogen) atoms. The van der Waals surface area contributed by atoms with E-state index < -0.39 is 41.1 Å². The molecule has 0 saturated heterocycles. The number of carbonyl (C=O) groups is 5. The summed E-state index contributed by atoms with van der Waals surface area (Å²) in [5, 5.41) is 0. The summed E-state index contributed by atoms with van der Waals surface area (Å²) in [5.41, 5.74) is -2.29. The fourth-order valence-electron chi connectivity index (χ4n) is 7.90. The van der Waals surface area contributed by atoms with E-state index in [9.17, 15) is 24.0 Å². The molecule has 9 nitrogen and oxygen atoms in total. The van der Waals surface area contributed by atoms with E-state index >= 15 is 0 Å². The number of carbonyl (C=O) groups excluding carboxylic acids is 5. The van der Waals surface area contributed by atoms with Gasteiger partial charge in [0.05, 0.1) is 13.2 Å². The summed E-state index contributed by atoms with van der Waals surface area (Å²) in [5.74, 6) is -1.05. The molecular formula is C32H44O9. The van der Waals surface area contributed by atoms with E-state index in [1.54, 1.807) is 12.2 Å². The summed E-state index contributed by atoms with van der Waals surface area (Å²) in [6.45, 7) is 9.34. The van der Waals surface area contributed by atoms with E-state index in [1.165, 1.54) is 0 Å². The Bertz CT molecular complexity index is 1140. The van der Waals surface area contributed by atoms with Gasteiger partial charge < -0.3 is 18.9 Å². The lowest BCUT2D eigenvalue weighted by atomic mass is 9.46. The summed E-state index contributed by atoms with van der Waals surface area (Å²) in [6, 6.07) is 0. The molecule has 3 fully saturated rings. The molecule has 0 N–H and O–H groups in total. The lowest BCUT2D eigenvalue weighted by Gasteiger charge is -2.57. The molecule has 3 saturated carbocycles. The van der Waals surface area contributed by atoms with Crippen LogP contribution >= 0.6 is 0 Å². The first kappa shape index (κ1) is 31.0. The second kappa shape index (κ2) is 12.1. The van der Waals surface area contributed by atoms with E-state index in [2.05, 4.69) is 0 Å². The number of allylic oxidation sites excluding steroid dienone is 4. The third kappa shape index (κ3) is 5.73. The van der Waals surface area contributed by atoms with E-state index in [0.29, 0.717) is 25.7 Å². The zero-order chi connectivity index (χ0) is 30.0. The normalized spacial score (nSPS) is 33.8. The SMILES string of the molecule is CCCCCOC(=O)O[C@]1(C(=O)COC(=O)OCC(C)C)CC[C@H]2[C@@H]3CCC4=CC(=O)C=C[C@]4(C)[C@H]3C(=O)C[C@@]21C. The molecule has 4 aliphatic carbocycles. The van der Waals surface area contributed by atoms with Crippen LogP contribution in [0.25, 0.3) is 0 Å². The van der Waals surface area contributed by atoms with E-state index in [-0.39, 0.29) is 61.3 Å². The average molecular weight is 573 g/mol. The highest BCUT2D eigenvalue weighted by atomic mass is 16.7. The van der Waals surface area contributed by atoms with Crippen LogP contribution in [0, 0.1) is 34.5 Å². The van der Waals surface area contributed by atoms with Crippen LogP contribution in [0.3, 0.4) is 0 Å². The van der Waals surface area contributed by atoms with Gasteiger partial charge in [-0.15, -0.1) is 0 Å². The Kier molecular flexibility index (Phi) is 9.14. The molecule has 226 valence electrons. The topological polar surface area (TPSA) is 122 Å². The van der Waals surface area contributed by atoms with Gasteiger partial charge in [-0.05, 0) is 62.0 Å². The van der Waals surface area contributed by atoms with Gasteiger partial charge in [-0.2, -0.15) is 0 Å². The fourth-order valence-corrected chi connectivity index (χ4v) is 7.90. The monoisotopic (exact) mass is 572 g/mol. The van der Waals surface area contributed by atoms with Crippen LogP contribution in [0.5, 0.6) is 0 Å². The first-order valence-electron chi connectivity index (χ1n) is 15.0. The highest BCUT2D eigenvalue weighted by Gasteiger charge is 2.70. The predicted octanol–water partition coefficient (Wildman–Crippen LogP) is 5.93. The van der Waals surface area contributed by atoms with Crippen LogP contribution in [-0.2, 0) is 33.3 Å². The molecule has 0 bridgehead atoms. The minimum atomic E-state index is -1.69. The molecule has 0 aromatic heterocycles. The van der Waals surface area contributed by atoms with Crippen LogP contribution in [0.4, 0.5) is 9.59 Å². The number of ketones is 3. The molecule has 0 radical (unpaired) electrons. The van der Waals surface area contributed by atoms with Gasteiger partial charge in [-0.1, -0.05) is 59.1 Å². The smallest absolute Gasteiger partial charge is 0.434 e. The summed E-state index contributed by atoms with van der Waals surface area (Å²) in [6.07, 6.45) is 7.82. The molecule has 0 aliphatic heterocycles. The van der Waals surface area contributed by atoms with Crippen molar-refractivity contribution in [1.29, 1.82) is 0 Å². The van der Waals surface area contributed by atoms with Crippen molar-refractivity contribution in [2.75, 3.05) is 19.8 Å². The van der Waals surface area contributed by atoms with Gasteiger partial charge in [0.15, 0.2) is 18.0 Å². The van der Waals surface area contributed by atoms with Crippen molar-refractivity contribution < 1.29 is 42.9 Å². The number of hydrogen-bond acceptors (Lipinski definition) is 9. The van der Waals surface area contributed by atoms with Crippen LogP contribution in [0.15, 0.2) is 23.8 Å². The Balaban J connectivity index is 1.61. The molecule has 0 amide bonds. The maximum absolute atomic E-state index is 14.0.